The Balaban J connectivity index is 2.71. The van der Waals surface area contributed by atoms with Crippen LogP contribution >= 0.6 is 23.2 Å². The predicted molar refractivity (Wildman–Crippen MR) is 82.2 cm³/mol. The van der Waals surface area contributed by atoms with Gasteiger partial charge in [0.25, 0.3) is 0 Å². The van der Waals surface area contributed by atoms with Crippen LogP contribution in [-0.2, 0) is 11.2 Å². The third kappa shape index (κ3) is 4.39. The standard InChI is InChI=1S/C15H21Cl2NO/c1-4-15(9-16,10-17)18-14(19)8-13-6-5-11(2)12(3)7-13/h5-7H,4,8-10H2,1-3H3,(H,18,19). The van der Waals surface area contributed by atoms with E-state index in [1.807, 2.05) is 32.0 Å². The van der Waals surface area contributed by atoms with Gasteiger partial charge in [-0.25, -0.2) is 0 Å². The molecule has 0 heterocycles. The van der Waals surface area contributed by atoms with Gasteiger partial charge in [0.1, 0.15) is 0 Å². The van der Waals surface area contributed by atoms with Crippen molar-refractivity contribution in [2.45, 2.75) is 39.2 Å². The first-order valence-corrected chi connectivity index (χ1v) is 7.52. The van der Waals surface area contributed by atoms with E-state index in [2.05, 4.69) is 12.2 Å². The quantitative estimate of drug-likeness (QED) is 0.799. The average Bonchev–Trinajstić information content (AvgIpc) is 2.40. The lowest BCUT2D eigenvalue weighted by Gasteiger charge is -2.29. The Morgan fingerprint density at radius 3 is 2.32 bits per heavy atom. The van der Waals surface area contributed by atoms with Crippen LogP contribution in [0.2, 0.25) is 0 Å². The van der Waals surface area contributed by atoms with Crippen LogP contribution in [0, 0.1) is 13.8 Å². The molecule has 4 heteroatoms. The van der Waals surface area contributed by atoms with E-state index in [0.29, 0.717) is 18.2 Å². The van der Waals surface area contributed by atoms with E-state index < -0.39 is 5.54 Å². The van der Waals surface area contributed by atoms with Gasteiger partial charge in [0.2, 0.25) is 5.91 Å². The van der Waals surface area contributed by atoms with E-state index >= 15 is 0 Å². The number of amides is 1. The molecule has 0 aliphatic carbocycles. The van der Waals surface area contributed by atoms with Gasteiger partial charge in [-0.1, -0.05) is 25.1 Å². The van der Waals surface area contributed by atoms with Crippen molar-refractivity contribution in [3.05, 3.63) is 34.9 Å². The molecule has 1 aromatic carbocycles. The first-order valence-electron chi connectivity index (χ1n) is 6.45. The number of halogens is 2. The van der Waals surface area contributed by atoms with Gasteiger partial charge in [-0.3, -0.25) is 4.79 Å². The zero-order valence-electron chi connectivity index (χ0n) is 11.7. The minimum absolute atomic E-state index is 0.0357. The topological polar surface area (TPSA) is 29.1 Å². The summed E-state index contributed by atoms with van der Waals surface area (Å²) < 4.78 is 0. The van der Waals surface area contributed by atoms with Crippen LogP contribution in [0.25, 0.3) is 0 Å². The van der Waals surface area contributed by atoms with Crippen molar-refractivity contribution in [2.75, 3.05) is 11.8 Å². The molecule has 0 radical (unpaired) electrons. The maximum atomic E-state index is 12.1. The summed E-state index contributed by atoms with van der Waals surface area (Å²) in [6, 6.07) is 6.06. The first kappa shape index (κ1) is 16.3. The maximum absolute atomic E-state index is 12.1. The van der Waals surface area contributed by atoms with Crippen molar-refractivity contribution in [1.29, 1.82) is 0 Å². The van der Waals surface area contributed by atoms with Crippen molar-refractivity contribution < 1.29 is 4.79 Å². The van der Waals surface area contributed by atoms with Crippen LogP contribution in [0.1, 0.15) is 30.0 Å². The molecule has 0 aliphatic heterocycles. The highest BCUT2D eigenvalue weighted by Gasteiger charge is 2.28. The summed E-state index contributed by atoms with van der Waals surface area (Å²) in [6.07, 6.45) is 1.08. The summed E-state index contributed by atoms with van der Waals surface area (Å²) >= 11 is 11.8. The molecule has 1 aromatic rings. The van der Waals surface area contributed by atoms with Crippen molar-refractivity contribution in [3.8, 4) is 0 Å². The first-order chi connectivity index (χ1) is 8.96. The molecular formula is C15H21Cl2NO. The highest BCUT2D eigenvalue weighted by Crippen LogP contribution is 2.16. The van der Waals surface area contributed by atoms with Crippen LogP contribution in [0.15, 0.2) is 18.2 Å². The van der Waals surface area contributed by atoms with Crippen molar-refractivity contribution >= 4 is 29.1 Å². The summed E-state index contributed by atoms with van der Waals surface area (Å²) in [7, 11) is 0. The fourth-order valence-corrected chi connectivity index (χ4v) is 2.62. The Bertz CT molecular complexity index is 434. The molecule has 0 aliphatic rings. The molecule has 0 atom stereocenters. The molecule has 1 N–H and O–H groups in total. The van der Waals surface area contributed by atoms with Gasteiger partial charge in [0.15, 0.2) is 0 Å². The van der Waals surface area contributed by atoms with Crippen molar-refractivity contribution in [3.63, 3.8) is 0 Å². The van der Waals surface area contributed by atoms with E-state index in [9.17, 15) is 4.79 Å². The molecule has 0 unspecified atom stereocenters. The van der Waals surface area contributed by atoms with Gasteiger partial charge >= 0.3 is 0 Å². The SMILES string of the molecule is CCC(CCl)(CCl)NC(=O)Cc1ccc(C)c(C)c1. The monoisotopic (exact) mass is 301 g/mol. The van der Waals surface area contributed by atoms with E-state index in [4.69, 9.17) is 23.2 Å². The van der Waals surface area contributed by atoms with Crippen LogP contribution in [0.5, 0.6) is 0 Å². The number of aryl methyl sites for hydroxylation is 2. The van der Waals surface area contributed by atoms with E-state index in [0.717, 1.165) is 12.0 Å². The third-order valence-corrected chi connectivity index (χ3v) is 4.55. The lowest BCUT2D eigenvalue weighted by molar-refractivity contribution is -0.122. The fourth-order valence-electron chi connectivity index (χ4n) is 1.82. The number of nitrogens with one attached hydrogen (secondary N) is 1. The lowest BCUT2D eigenvalue weighted by atomic mass is 10.00. The molecule has 0 fully saturated rings. The number of hydrogen-bond acceptors (Lipinski definition) is 1. The summed E-state index contributed by atoms with van der Waals surface area (Å²) in [5, 5.41) is 2.96. The Morgan fingerprint density at radius 1 is 1.21 bits per heavy atom. The number of hydrogen-bond donors (Lipinski definition) is 1. The second-order valence-electron chi connectivity index (χ2n) is 5.04. The molecule has 0 aromatic heterocycles. The Hall–Kier alpha value is -0.730. The predicted octanol–water partition coefficient (Wildman–Crippen LogP) is 3.59. The highest BCUT2D eigenvalue weighted by molar-refractivity contribution is 6.22. The van der Waals surface area contributed by atoms with Crippen LogP contribution in [-0.4, -0.2) is 23.2 Å². The van der Waals surface area contributed by atoms with Crippen LogP contribution in [0.4, 0.5) is 0 Å². The number of carbonyl (C=O) groups is 1. The van der Waals surface area contributed by atoms with Crippen LogP contribution < -0.4 is 5.32 Å². The largest absolute Gasteiger partial charge is 0.348 e. The summed E-state index contributed by atoms with van der Waals surface area (Å²) in [5.74, 6) is 0.614. The van der Waals surface area contributed by atoms with Gasteiger partial charge < -0.3 is 5.32 Å². The summed E-state index contributed by atoms with van der Waals surface area (Å²) in [5.41, 5.74) is 2.94. The summed E-state index contributed by atoms with van der Waals surface area (Å²) in [6.45, 7) is 6.08. The summed E-state index contributed by atoms with van der Waals surface area (Å²) in [4.78, 5) is 12.1. The number of rotatable bonds is 6. The molecule has 1 rings (SSSR count). The maximum Gasteiger partial charge on any atom is 0.224 e. The molecule has 0 spiro atoms. The second-order valence-corrected chi connectivity index (χ2v) is 5.58. The van der Waals surface area contributed by atoms with E-state index in [1.165, 1.54) is 11.1 Å². The molecule has 0 saturated carbocycles. The van der Waals surface area contributed by atoms with Crippen LogP contribution in [0.3, 0.4) is 0 Å². The molecule has 2 nitrogen and oxygen atoms in total. The van der Waals surface area contributed by atoms with Gasteiger partial charge in [-0.15, -0.1) is 23.2 Å². The Labute approximate surface area is 125 Å². The number of benzene rings is 1. The van der Waals surface area contributed by atoms with E-state index in [1.54, 1.807) is 0 Å². The molecule has 19 heavy (non-hydrogen) atoms. The van der Waals surface area contributed by atoms with Gasteiger partial charge in [0.05, 0.1) is 12.0 Å². The van der Waals surface area contributed by atoms with Crippen molar-refractivity contribution in [2.24, 2.45) is 0 Å². The normalized spacial score (nSPS) is 11.4. The number of carbonyl (C=O) groups excluding carboxylic acids is 1. The molecule has 106 valence electrons. The molecule has 1 amide bonds. The van der Waals surface area contributed by atoms with Gasteiger partial charge in [-0.2, -0.15) is 0 Å². The smallest absolute Gasteiger partial charge is 0.224 e. The lowest BCUT2D eigenvalue weighted by Crippen LogP contribution is -2.51. The Kier molecular flexibility index (Phi) is 6.15. The molecule has 0 saturated heterocycles. The Morgan fingerprint density at radius 2 is 1.84 bits per heavy atom. The molecular weight excluding hydrogens is 281 g/mol. The second kappa shape index (κ2) is 7.16. The fraction of sp³-hybridized carbons (Fsp3) is 0.533. The van der Waals surface area contributed by atoms with Gasteiger partial charge in [-0.05, 0) is 37.0 Å². The third-order valence-electron chi connectivity index (χ3n) is 3.53. The zero-order chi connectivity index (χ0) is 14.5. The minimum atomic E-state index is -0.500. The molecule has 0 bridgehead atoms. The average molecular weight is 302 g/mol. The van der Waals surface area contributed by atoms with Gasteiger partial charge in [0, 0.05) is 11.8 Å². The number of alkyl halides is 2. The van der Waals surface area contributed by atoms with E-state index in [-0.39, 0.29) is 5.91 Å². The zero-order valence-corrected chi connectivity index (χ0v) is 13.2. The van der Waals surface area contributed by atoms with Crippen molar-refractivity contribution in [1.82, 2.24) is 5.32 Å². The highest BCUT2D eigenvalue weighted by atomic mass is 35.5. The minimum Gasteiger partial charge on any atom is -0.348 e.